The van der Waals surface area contributed by atoms with Crippen LogP contribution in [0.1, 0.15) is 69.9 Å². The molecule has 2 aromatic rings. The number of nitrogens with one attached hydrogen (secondary N) is 3. The summed E-state index contributed by atoms with van der Waals surface area (Å²) in [5.74, 6) is -1.92. The highest BCUT2D eigenvalue weighted by atomic mass is 16.5. The molecule has 43 heavy (non-hydrogen) atoms. The second kappa shape index (κ2) is 14.8. The molecular formula is C33H42N4O6. The van der Waals surface area contributed by atoms with Crippen molar-refractivity contribution in [3.05, 3.63) is 71.8 Å². The van der Waals surface area contributed by atoms with Gasteiger partial charge in [0.2, 0.25) is 23.6 Å². The number of carbonyl (C=O) groups excluding carboxylic acids is 5. The van der Waals surface area contributed by atoms with E-state index in [9.17, 15) is 24.0 Å². The van der Waals surface area contributed by atoms with Crippen molar-refractivity contribution in [2.24, 2.45) is 0 Å². The molecule has 0 spiro atoms. The predicted molar refractivity (Wildman–Crippen MR) is 160 cm³/mol. The molecule has 2 aliphatic heterocycles. The third-order valence-corrected chi connectivity index (χ3v) is 7.98. The van der Waals surface area contributed by atoms with Crippen LogP contribution in [0.2, 0.25) is 0 Å². The van der Waals surface area contributed by atoms with Crippen molar-refractivity contribution in [3.8, 4) is 0 Å². The maximum atomic E-state index is 13.7. The second-order valence-corrected chi connectivity index (χ2v) is 11.8. The van der Waals surface area contributed by atoms with Gasteiger partial charge in [0.05, 0.1) is 0 Å². The Hall–Kier alpha value is -4.21. The zero-order chi connectivity index (χ0) is 30.8. The lowest BCUT2D eigenvalue weighted by Crippen LogP contribution is -2.64. The van der Waals surface area contributed by atoms with E-state index in [0.717, 1.165) is 11.1 Å². The maximum Gasteiger partial charge on any atom is 0.306 e. The summed E-state index contributed by atoms with van der Waals surface area (Å²) >= 11 is 0. The number of rotatable bonds is 10. The van der Waals surface area contributed by atoms with Gasteiger partial charge >= 0.3 is 5.97 Å². The number of esters is 1. The normalized spacial score (nSPS) is 22.4. The minimum atomic E-state index is -1.33. The molecule has 0 aromatic heterocycles. The Labute approximate surface area is 252 Å². The van der Waals surface area contributed by atoms with E-state index < -0.39 is 35.5 Å². The lowest BCUT2D eigenvalue weighted by molar-refractivity contribution is -0.145. The van der Waals surface area contributed by atoms with Crippen LogP contribution in [0, 0.1) is 0 Å². The molecule has 3 atom stereocenters. The number of hydrogen-bond acceptors (Lipinski definition) is 6. The van der Waals surface area contributed by atoms with Crippen LogP contribution in [-0.2, 0) is 41.7 Å². The second-order valence-electron chi connectivity index (χ2n) is 11.8. The fourth-order valence-corrected chi connectivity index (χ4v) is 5.49. The first kappa shape index (κ1) is 31.7. The summed E-state index contributed by atoms with van der Waals surface area (Å²) in [5.41, 5.74) is 0.465. The summed E-state index contributed by atoms with van der Waals surface area (Å²) < 4.78 is 5.33. The number of carbonyl (C=O) groups is 5. The van der Waals surface area contributed by atoms with Gasteiger partial charge in [-0.3, -0.25) is 24.0 Å². The number of benzene rings is 2. The van der Waals surface area contributed by atoms with Crippen molar-refractivity contribution in [3.63, 3.8) is 0 Å². The lowest BCUT2D eigenvalue weighted by atomic mass is 9.98. The van der Waals surface area contributed by atoms with E-state index in [1.165, 1.54) is 4.90 Å². The predicted octanol–water partition coefficient (Wildman–Crippen LogP) is 2.79. The van der Waals surface area contributed by atoms with Crippen molar-refractivity contribution in [2.75, 3.05) is 6.54 Å². The molecule has 2 heterocycles. The molecule has 10 heteroatoms. The van der Waals surface area contributed by atoms with E-state index in [1.54, 1.807) is 13.8 Å². The fraction of sp³-hybridized carbons (Fsp3) is 0.485. The van der Waals surface area contributed by atoms with E-state index in [2.05, 4.69) is 16.0 Å². The van der Waals surface area contributed by atoms with Gasteiger partial charge in [-0.15, -0.1) is 0 Å². The van der Waals surface area contributed by atoms with Crippen LogP contribution in [0.3, 0.4) is 0 Å². The molecule has 2 saturated heterocycles. The Morgan fingerprint density at radius 3 is 2.23 bits per heavy atom. The molecule has 0 bridgehead atoms. The van der Waals surface area contributed by atoms with Crippen LogP contribution < -0.4 is 16.0 Å². The van der Waals surface area contributed by atoms with Gasteiger partial charge in [-0.05, 0) is 50.7 Å². The van der Waals surface area contributed by atoms with Crippen LogP contribution in [0.5, 0.6) is 0 Å². The van der Waals surface area contributed by atoms with Crippen molar-refractivity contribution < 1.29 is 28.7 Å². The molecule has 1 unspecified atom stereocenters. The molecular weight excluding hydrogens is 548 g/mol. The molecule has 10 nitrogen and oxygen atoms in total. The molecule has 0 saturated carbocycles. The average Bonchev–Trinajstić information content (AvgIpc) is 3.49. The Morgan fingerprint density at radius 2 is 1.53 bits per heavy atom. The number of amides is 4. The summed E-state index contributed by atoms with van der Waals surface area (Å²) in [7, 11) is 0. The number of nitrogens with zero attached hydrogens (tertiary/aromatic N) is 1. The van der Waals surface area contributed by atoms with Crippen molar-refractivity contribution in [2.45, 2.75) is 95.5 Å². The Morgan fingerprint density at radius 1 is 0.860 bits per heavy atom. The van der Waals surface area contributed by atoms with E-state index in [1.807, 2.05) is 60.7 Å². The van der Waals surface area contributed by atoms with Gasteiger partial charge in [0.15, 0.2) is 0 Å². The van der Waals surface area contributed by atoms with Gasteiger partial charge in [0.1, 0.15) is 30.3 Å². The number of hydrogen-bond donors (Lipinski definition) is 3. The molecule has 3 N–H and O–H groups in total. The monoisotopic (exact) mass is 590 g/mol. The van der Waals surface area contributed by atoms with Gasteiger partial charge in [-0.1, -0.05) is 73.5 Å². The van der Waals surface area contributed by atoms with Crippen LogP contribution >= 0.6 is 0 Å². The molecule has 0 aliphatic carbocycles. The molecule has 0 radical (unpaired) electrons. The average molecular weight is 591 g/mol. The first-order valence-corrected chi connectivity index (χ1v) is 15.1. The van der Waals surface area contributed by atoms with Gasteiger partial charge in [-0.2, -0.15) is 0 Å². The summed E-state index contributed by atoms with van der Waals surface area (Å²) in [6, 6.07) is 16.4. The topological polar surface area (TPSA) is 134 Å². The molecule has 4 rings (SSSR count). The van der Waals surface area contributed by atoms with Crippen molar-refractivity contribution in [1.82, 2.24) is 20.9 Å². The lowest BCUT2D eigenvalue weighted by Gasteiger charge is -2.34. The molecule has 2 aliphatic rings. The third kappa shape index (κ3) is 8.89. The standard InChI is InChI=1S/C33H42N4O6/c1-33(2)32(42)35-26(21-23-13-6-3-7-14-23)31(41)37-20-12-18-27(37)30(40)34-25(29(39)36-33)17-10-5-11-19-28(38)43-22-24-15-8-4-9-16-24/h3-4,6-9,13-16,25-27H,5,10-12,17-22H2,1-2H3,(H,34,40)(H,35,42)(H,36,39)/t25-,26-,27?/m0/s1. The summed E-state index contributed by atoms with van der Waals surface area (Å²) in [6.45, 7) is 3.78. The summed E-state index contributed by atoms with van der Waals surface area (Å²) in [6.07, 6.45) is 3.79. The van der Waals surface area contributed by atoms with E-state index in [-0.39, 0.29) is 37.2 Å². The zero-order valence-corrected chi connectivity index (χ0v) is 25.0. The van der Waals surface area contributed by atoms with E-state index in [0.29, 0.717) is 45.1 Å². The highest BCUT2D eigenvalue weighted by Crippen LogP contribution is 2.21. The van der Waals surface area contributed by atoms with Crippen LogP contribution in [0.15, 0.2) is 60.7 Å². The number of ether oxygens (including phenoxy) is 1. The summed E-state index contributed by atoms with van der Waals surface area (Å²) in [5, 5.41) is 8.50. The Kier molecular flexibility index (Phi) is 10.9. The Bertz CT molecular complexity index is 1280. The molecule has 230 valence electrons. The number of unbranched alkanes of at least 4 members (excludes halogenated alkanes) is 2. The van der Waals surface area contributed by atoms with Crippen LogP contribution in [0.4, 0.5) is 0 Å². The van der Waals surface area contributed by atoms with E-state index >= 15 is 0 Å². The highest BCUT2D eigenvalue weighted by Gasteiger charge is 2.42. The zero-order valence-electron chi connectivity index (χ0n) is 25.0. The number of fused-ring (bicyclic) bond motifs is 1. The molecule has 2 fully saturated rings. The quantitative estimate of drug-likeness (QED) is 0.288. The maximum absolute atomic E-state index is 13.7. The van der Waals surface area contributed by atoms with Crippen LogP contribution in [0.25, 0.3) is 0 Å². The van der Waals surface area contributed by atoms with Crippen LogP contribution in [-0.4, -0.2) is 64.7 Å². The molecule has 4 amide bonds. The van der Waals surface area contributed by atoms with Gasteiger partial charge in [-0.25, -0.2) is 0 Å². The fourth-order valence-electron chi connectivity index (χ4n) is 5.49. The van der Waals surface area contributed by atoms with Gasteiger partial charge in [0.25, 0.3) is 0 Å². The largest absolute Gasteiger partial charge is 0.461 e. The first-order chi connectivity index (χ1) is 20.6. The minimum absolute atomic E-state index is 0.227. The van der Waals surface area contributed by atoms with E-state index in [4.69, 9.17) is 4.74 Å². The van der Waals surface area contributed by atoms with Crippen molar-refractivity contribution >= 4 is 29.6 Å². The third-order valence-electron chi connectivity index (χ3n) is 7.98. The van der Waals surface area contributed by atoms with Gasteiger partial charge in [0, 0.05) is 19.4 Å². The van der Waals surface area contributed by atoms with Crippen molar-refractivity contribution in [1.29, 1.82) is 0 Å². The Balaban J connectivity index is 1.38. The SMILES string of the molecule is CC1(C)NC(=O)[C@H](CCCCCC(=O)OCc2ccccc2)NC(=O)C2CCCN2C(=O)[C@H](Cc2ccccc2)NC1=O. The first-order valence-electron chi connectivity index (χ1n) is 15.1. The van der Waals surface area contributed by atoms with Gasteiger partial charge < -0.3 is 25.6 Å². The summed E-state index contributed by atoms with van der Waals surface area (Å²) in [4.78, 5) is 67.6. The minimum Gasteiger partial charge on any atom is -0.461 e. The smallest absolute Gasteiger partial charge is 0.306 e. The highest BCUT2D eigenvalue weighted by molar-refractivity contribution is 5.99. The molecule has 2 aromatic carbocycles.